The minimum atomic E-state index is -0.701. The number of nitrogens with zero attached hydrogens (tertiary/aromatic N) is 1. The number of amides is 2. The third kappa shape index (κ3) is 5.32. The SMILES string of the molecule is COC(=O)[C@H](C(C)C)N1Cc2ccc(-c3ccc(NC(=O)c4ccc(C(C)(C)C)cc4)cc3F)cc2C1=O. The largest absolute Gasteiger partial charge is 0.467 e. The van der Waals surface area contributed by atoms with Crippen LogP contribution in [0, 0.1) is 11.7 Å². The maximum atomic E-state index is 15.2. The zero-order valence-electron chi connectivity index (χ0n) is 22.6. The van der Waals surface area contributed by atoms with Gasteiger partial charge in [0.1, 0.15) is 11.9 Å². The molecule has 0 aliphatic carbocycles. The van der Waals surface area contributed by atoms with E-state index in [4.69, 9.17) is 4.74 Å². The lowest BCUT2D eigenvalue weighted by atomic mass is 9.87. The highest BCUT2D eigenvalue weighted by Crippen LogP contribution is 2.33. The molecule has 38 heavy (non-hydrogen) atoms. The molecule has 0 aromatic heterocycles. The Morgan fingerprint density at radius 1 is 0.974 bits per heavy atom. The number of hydrogen-bond acceptors (Lipinski definition) is 4. The maximum absolute atomic E-state index is 15.2. The van der Waals surface area contributed by atoms with Crippen molar-refractivity contribution in [3.63, 3.8) is 0 Å². The van der Waals surface area contributed by atoms with Gasteiger partial charge in [-0.1, -0.05) is 58.9 Å². The Labute approximate surface area is 222 Å². The molecule has 0 unspecified atom stereocenters. The summed E-state index contributed by atoms with van der Waals surface area (Å²) in [4.78, 5) is 39.7. The van der Waals surface area contributed by atoms with Gasteiger partial charge in [-0.05, 0) is 64.4 Å². The van der Waals surface area contributed by atoms with Crippen LogP contribution in [0.3, 0.4) is 0 Å². The van der Waals surface area contributed by atoms with Crippen LogP contribution in [-0.4, -0.2) is 35.8 Å². The Kier molecular flexibility index (Phi) is 7.40. The molecule has 4 rings (SSSR count). The molecule has 7 heteroatoms. The lowest BCUT2D eigenvalue weighted by molar-refractivity contribution is -0.147. The zero-order chi connectivity index (χ0) is 27.8. The predicted octanol–water partition coefficient (Wildman–Crippen LogP) is 6.20. The Hall–Kier alpha value is -4.00. The fraction of sp³-hybridized carbons (Fsp3) is 0.323. The summed E-state index contributed by atoms with van der Waals surface area (Å²) in [7, 11) is 1.31. The van der Waals surface area contributed by atoms with Crippen LogP contribution in [0.15, 0.2) is 60.7 Å². The van der Waals surface area contributed by atoms with E-state index in [9.17, 15) is 14.4 Å². The molecule has 0 bridgehead atoms. The normalized spacial score (nSPS) is 13.9. The van der Waals surface area contributed by atoms with Crippen molar-refractivity contribution in [3.8, 4) is 11.1 Å². The predicted molar refractivity (Wildman–Crippen MR) is 145 cm³/mol. The van der Waals surface area contributed by atoms with Crippen molar-refractivity contribution in [2.75, 3.05) is 12.4 Å². The van der Waals surface area contributed by atoms with E-state index in [0.717, 1.165) is 11.1 Å². The summed E-state index contributed by atoms with van der Waals surface area (Å²) >= 11 is 0. The van der Waals surface area contributed by atoms with Crippen molar-refractivity contribution in [2.24, 2.45) is 5.92 Å². The highest BCUT2D eigenvalue weighted by atomic mass is 19.1. The summed E-state index contributed by atoms with van der Waals surface area (Å²) in [6.07, 6.45) is 0. The fourth-order valence-electron chi connectivity index (χ4n) is 4.75. The van der Waals surface area contributed by atoms with Crippen molar-refractivity contribution in [1.82, 2.24) is 4.90 Å². The molecule has 2 amide bonds. The van der Waals surface area contributed by atoms with Gasteiger partial charge in [-0.2, -0.15) is 0 Å². The Balaban J connectivity index is 1.53. The molecule has 3 aromatic carbocycles. The molecular formula is C31H33FN2O4. The number of carbonyl (C=O) groups excluding carboxylic acids is 3. The second-order valence-electron chi connectivity index (χ2n) is 11.0. The third-order valence-electron chi connectivity index (χ3n) is 6.90. The van der Waals surface area contributed by atoms with E-state index < -0.39 is 17.8 Å². The number of hydrogen-bond donors (Lipinski definition) is 1. The number of methoxy groups -OCH3 is 1. The third-order valence-corrected chi connectivity index (χ3v) is 6.90. The Morgan fingerprint density at radius 3 is 2.24 bits per heavy atom. The molecular weight excluding hydrogens is 483 g/mol. The summed E-state index contributed by atoms with van der Waals surface area (Å²) in [5.41, 5.74) is 3.96. The van der Waals surface area contributed by atoms with Crippen LogP contribution in [0.4, 0.5) is 10.1 Å². The summed E-state index contributed by atoms with van der Waals surface area (Å²) in [5, 5.41) is 2.75. The molecule has 198 valence electrons. The van der Waals surface area contributed by atoms with Gasteiger partial charge in [-0.3, -0.25) is 9.59 Å². The molecule has 1 aliphatic rings. The van der Waals surface area contributed by atoms with Crippen LogP contribution < -0.4 is 5.32 Å². The average Bonchev–Trinajstić information content (AvgIpc) is 3.18. The molecule has 6 nitrogen and oxygen atoms in total. The molecule has 0 spiro atoms. The van der Waals surface area contributed by atoms with Gasteiger partial charge >= 0.3 is 5.97 Å². The van der Waals surface area contributed by atoms with Crippen molar-refractivity contribution < 1.29 is 23.5 Å². The molecule has 1 N–H and O–H groups in total. The van der Waals surface area contributed by atoms with Gasteiger partial charge in [-0.15, -0.1) is 0 Å². The number of halogens is 1. The van der Waals surface area contributed by atoms with Gasteiger partial charge in [0.15, 0.2) is 0 Å². The van der Waals surface area contributed by atoms with Gasteiger partial charge in [0, 0.05) is 28.9 Å². The lowest BCUT2D eigenvalue weighted by Crippen LogP contribution is -2.45. The number of anilines is 1. The molecule has 0 fully saturated rings. The number of benzene rings is 3. The standard InChI is InChI=1S/C31H33FN2O4/c1-18(2)27(30(37)38-6)34-17-21-8-7-20(15-25(21)29(34)36)24-14-13-23(16-26(24)32)33-28(35)19-9-11-22(12-10-19)31(3,4)5/h7-16,18,27H,17H2,1-6H3,(H,33,35)/t27-/m0/s1. The van der Waals surface area contributed by atoms with Crippen LogP contribution in [-0.2, 0) is 21.5 Å². The summed E-state index contributed by atoms with van der Waals surface area (Å²) < 4.78 is 20.1. The van der Waals surface area contributed by atoms with Crippen molar-refractivity contribution >= 4 is 23.5 Å². The van der Waals surface area contributed by atoms with Crippen LogP contribution in [0.1, 0.15) is 66.5 Å². The monoisotopic (exact) mass is 516 g/mol. The van der Waals surface area contributed by atoms with Gasteiger partial charge < -0.3 is 15.0 Å². The van der Waals surface area contributed by atoms with Crippen LogP contribution in [0.5, 0.6) is 0 Å². The first-order valence-corrected chi connectivity index (χ1v) is 12.6. The highest BCUT2D eigenvalue weighted by molar-refractivity contribution is 6.04. The maximum Gasteiger partial charge on any atom is 0.328 e. The number of carbonyl (C=O) groups is 3. The molecule has 0 radical (unpaired) electrons. The number of rotatable bonds is 6. The van der Waals surface area contributed by atoms with E-state index in [0.29, 0.717) is 27.9 Å². The zero-order valence-corrected chi connectivity index (χ0v) is 22.6. The Bertz CT molecular complexity index is 1390. The smallest absolute Gasteiger partial charge is 0.328 e. The summed E-state index contributed by atoms with van der Waals surface area (Å²) in [6.45, 7) is 10.3. The van der Waals surface area contributed by atoms with Crippen molar-refractivity contribution in [2.45, 2.75) is 52.6 Å². The van der Waals surface area contributed by atoms with E-state index in [-0.39, 0.29) is 29.7 Å². The van der Waals surface area contributed by atoms with E-state index >= 15 is 4.39 Å². The number of fused-ring (bicyclic) bond motifs is 1. The summed E-state index contributed by atoms with van der Waals surface area (Å²) in [6, 6.07) is 16.3. The molecule has 1 heterocycles. The van der Waals surface area contributed by atoms with Crippen LogP contribution >= 0.6 is 0 Å². The van der Waals surface area contributed by atoms with Crippen LogP contribution in [0.25, 0.3) is 11.1 Å². The quantitative estimate of drug-likeness (QED) is 0.396. The first kappa shape index (κ1) is 27.0. The van der Waals surface area contributed by atoms with Gasteiger partial charge in [0.2, 0.25) is 0 Å². The first-order chi connectivity index (χ1) is 17.9. The lowest BCUT2D eigenvalue weighted by Gasteiger charge is -2.28. The minimum absolute atomic E-state index is 0.0219. The topological polar surface area (TPSA) is 75.7 Å². The van der Waals surface area contributed by atoms with E-state index in [1.807, 2.05) is 26.0 Å². The molecule has 1 aliphatic heterocycles. The second-order valence-corrected chi connectivity index (χ2v) is 11.0. The first-order valence-electron chi connectivity index (χ1n) is 12.6. The molecule has 0 saturated carbocycles. The fourth-order valence-corrected chi connectivity index (χ4v) is 4.75. The summed E-state index contributed by atoms with van der Waals surface area (Å²) in [5.74, 6) is -1.73. The van der Waals surface area contributed by atoms with Gasteiger partial charge in [0.05, 0.1) is 7.11 Å². The van der Waals surface area contributed by atoms with Crippen molar-refractivity contribution in [3.05, 3.63) is 88.7 Å². The molecule has 1 atom stereocenters. The van der Waals surface area contributed by atoms with E-state index in [1.165, 1.54) is 18.1 Å². The number of nitrogens with one attached hydrogen (secondary N) is 1. The average molecular weight is 517 g/mol. The van der Waals surface area contributed by atoms with Crippen molar-refractivity contribution in [1.29, 1.82) is 0 Å². The van der Waals surface area contributed by atoms with E-state index in [1.54, 1.807) is 42.5 Å². The van der Waals surface area contributed by atoms with Gasteiger partial charge in [0.25, 0.3) is 11.8 Å². The van der Waals surface area contributed by atoms with Gasteiger partial charge in [-0.25, -0.2) is 9.18 Å². The molecule has 0 saturated heterocycles. The van der Waals surface area contributed by atoms with E-state index in [2.05, 4.69) is 26.1 Å². The van der Waals surface area contributed by atoms with Crippen LogP contribution in [0.2, 0.25) is 0 Å². The number of esters is 1. The second kappa shape index (κ2) is 10.4. The molecule has 3 aromatic rings. The highest BCUT2D eigenvalue weighted by Gasteiger charge is 2.38. The Morgan fingerprint density at radius 2 is 1.66 bits per heavy atom. The number of ether oxygens (including phenoxy) is 1. The minimum Gasteiger partial charge on any atom is -0.467 e.